The molecule has 2 rings (SSSR count). The van der Waals surface area contributed by atoms with E-state index < -0.39 is 0 Å². The molecule has 1 aliphatic carbocycles. The number of ether oxygens (including phenoxy) is 3. The van der Waals surface area contributed by atoms with Crippen LogP contribution in [0.2, 0.25) is 0 Å². The molecule has 0 aliphatic heterocycles. The third-order valence-electron chi connectivity index (χ3n) is 3.79. The Morgan fingerprint density at radius 3 is 2.10 bits per heavy atom. The van der Waals surface area contributed by atoms with Crippen molar-refractivity contribution in [3.8, 4) is 17.2 Å². The molecule has 4 nitrogen and oxygen atoms in total. The highest BCUT2D eigenvalue weighted by atomic mass is 16.5. The Bertz CT molecular complexity index is 576. The fourth-order valence-electron chi connectivity index (χ4n) is 2.75. The summed E-state index contributed by atoms with van der Waals surface area (Å²) in [7, 11) is 4.71. The average Bonchev–Trinajstić information content (AvgIpc) is 2.87. The summed E-state index contributed by atoms with van der Waals surface area (Å²) < 4.78 is 16.1. The van der Waals surface area contributed by atoms with Gasteiger partial charge in [0, 0.05) is 11.8 Å². The Morgan fingerprint density at radius 1 is 1.10 bits per heavy atom. The van der Waals surface area contributed by atoms with Crippen LogP contribution < -0.4 is 14.2 Å². The van der Waals surface area contributed by atoms with E-state index in [1.54, 1.807) is 28.3 Å². The van der Waals surface area contributed by atoms with Crippen molar-refractivity contribution in [2.45, 2.75) is 12.8 Å². The van der Waals surface area contributed by atoms with E-state index >= 15 is 0 Å². The number of carbonyl (C=O) groups is 1. The topological polar surface area (TPSA) is 44.8 Å². The molecule has 0 spiro atoms. The van der Waals surface area contributed by atoms with Crippen molar-refractivity contribution in [1.82, 2.24) is 0 Å². The van der Waals surface area contributed by atoms with E-state index in [-0.39, 0.29) is 17.6 Å². The monoisotopic (exact) mass is 288 g/mol. The second-order valence-electron chi connectivity index (χ2n) is 5.01. The summed E-state index contributed by atoms with van der Waals surface area (Å²) in [6.07, 6.45) is 3.80. The van der Waals surface area contributed by atoms with E-state index in [1.807, 2.05) is 24.3 Å². The van der Waals surface area contributed by atoms with Crippen molar-refractivity contribution in [2.75, 3.05) is 21.3 Å². The van der Waals surface area contributed by atoms with Crippen LogP contribution in [0, 0.1) is 5.92 Å². The third kappa shape index (κ3) is 2.66. The van der Waals surface area contributed by atoms with Gasteiger partial charge in [-0.15, -0.1) is 0 Å². The quantitative estimate of drug-likeness (QED) is 0.835. The molecule has 0 saturated heterocycles. The second-order valence-corrected chi connectivity index (χ2v) is 5.01. The van der Waals surface area contributed by atoms with Gasteiger partial charge in [0.25, 0.3) is 0 Å². The molecule has 21 heavy (non-hydrogen) atoms. The number of ketones is 1. The lowest BCUT2D eigenvalue weighted by Gasteiger charge is -2.21. The highest BCUT2D eigenvalue weighted by Gasteiger charge is 2.32. The summed E-state index contributed by atoms with van der Waals surface area (Å²) in [5.41, 5.74) is 1.84. The van der Waals surface area contributed by atoms with E-state index in [0.717, 1.165) is 11.1 Å². The first-order valence-corrected chi connectivity index (χ1v) is 6.70. The van der Waals surface area contributed by atoms with E-state index in [1.165, 1.54) is 0 Å². The van der Waals surface area contributed by atoms with Gasteiger partial charge < -0.3 is 14.2 Å². The molecule has 0 unspecified atom stereocenters. The zero-order chi connectivity index (χ0) is 15.6. The molecular weight excluding hydrogens is 268 g/mol. The molecule has 0 fully saturated rings. The first kappa shape index (κ1) is 15.2. The van der Waals surface area contributed by atoms with Crippen molar-refractivity contribution < 1.29 is 19.0 Å². The highest BCUT2D eigenvalue weighted by molar-refractivity contribution is 5.83. The van der Waals surface area contributed by atoms with Crippen LogP contribution in [0.5, 0.6) is 17.2 Å². The van der Waals surface area contributed by atoms with Crippen LogP contribution in [0.15, 0.2) is 36.4 Å². The van der Waals surface area contributed by atoms with Crippen LogP contribution in [0.4, 0.5) is 0 Å². The Labute approximate surface area is 125 Å². The second kappa shape index (κ2) is 6.04. The molecule has 112 valence electrons. The number of hydrogen-bond donors (Lipinski definition) is 0. The lowest BCUT2D eigenvalue weighted by Crippen LogP contribution is -2.15. The van der Waals surface area contributed by atoms with Gasteiger partial charge in [0.2, 0.25) is 5.75 Å². The van der Waals surface area contributed by atoms with Crippen LogP contribution in [0.25, 0.3) is 0 Å². The van der Waals surface area contributed by atoms with Gasteiger partial charge in [0.15, 0.2) is 11.5 Å². The van der Waals surface area contributed by atoms with Crippen LogP contribution >= 0.6 is 0 Å². The molecule has 1 aliphatic rings. The fourth-order valence-corrected chi connectivity index (χ4v) is 2.75. The highest BCUT2D eigenvalue weighted by Crippen LogP contribution is 2.45. The molecule has 0 amide bonds. The van der Waals surface area contributed by atoms with Gasteiger partial charge in [0.05, 0.1) is 21.3 Å². The Balaban J connectivity index is 2.53. The summed E-state index contributed by atoms with van der Waals surface area (Å²) in [6, 6.07) is 3.75. The molecule has 1 aromatic carbocycles. The SMILES string of the molecule is C=C1C=C[C@H](C(C)=O)[C@H]1c1cc(OC)c(OC)c(OC)c1. The molecule has 0 aromatic heterocycles. The van der Waals surface area contributed by atoms with Gasteiger partial charge in [0.1, 0.15) is 5.78 Å². The van der Waals surface area contributed by atoms with Gasteiger partial charge in [-0.25, -0.2) is 0 Å². The first-order chi connectivity index (χ1) is 10.0. The van der Waals surface area contributed by atoms with Gasteiger partial charge in [-0.2, -0.15) is 0 Å². The maximum Gasteiger partial charge on any atom is 0.203 e. The lowest BCUT2D eigenvalue weighted by molar-refractivity contribution is -0.119. The standard InChI is InChI=1S/C17H20O4/c1-10-6-7-13(11(2)18)16(10)12-8-14(19-3)17(21-5)15(9-12)20-4/h6-9,13,16H,1H2,2-5H3/t13-,16-/m1/s1. The Kier molecular flexibility index (Phi) is 4.36. The van der Waals surface area contributed by atoms with Gasteiger partial charge in [-0.05, 0) is 30.2 Å². The molecule has 4 heteroatoms. The number of hydrogen-bond acceptors (Lipinski definition) is 4. The van der Waals surface area contributed by atoms with Gasteiger partial charge >= 0.3 is 0 Å². The summed E-state index contributed by atoms with van der Waals surface area (Å²) >= 11 is 0. The van der Waals surface area contributed by atoms with Crippen LogP contribution in [0.3, 0.4) is 0 Å². The van der Waals surface area contributed by atoms with Gasteiger partial charge in [-0.1, -0.05) is 18.7 Å². The van der Waals surface area contributed by atoms with Crippen LogP contribution in [-0.2, 0) is 4.79 Å². The number of Topliss-reactive ketones (excluding diaryl/α,β-unsaturated/α-hetero) is 1. The molecule has 0 N–H and O–H groups in total. The lowest BCUT2D eigenvalue weighted by atomic mass is 9.84. The first-order valence-electron chi connectivity index (χ1n) is 6.70. The van der Waals surface area contributed by atoms with Crippen LogP contribution in [-0.4, -0.2) is 27.1 Å². The molecule has 0 bridgehead atoms. The fraction of sp³-hybridized carbons (Fsp3) is 0.353. The van der Waals surface area contributed by atoms with Gasteiger partial charge in [-0.3, -0.25) is 4.79 Å². The zero-order valence-electron chi connectivity index (χ0n) is 12.8. The van der Waals surface area contributed by atoms with Crippen molar-refractivity contribution in [3.63, 3.8) is 0 Å². The van der Waals surface area contributed by atoms with E-state index in [0.29, 0.717) is 17.2 Å². The van der Waals surface area contributed by atoms with E-state index in [4.69, 9.17) is 14.2 Å². The van der Waals surface area contributed by atoms with Crippen molar-refractivity contribution in [2.24, 2.45) is 5.92 Å². The maximum atomic E-state index is 11.8. The number of benzene rings is 1. The predicted molar refractivity (Wildman–Crippen MR) is 81.3 cm³/mol. The summed E-state index contributed by atoms with van der Waals surface area (Å²) in [5, 5.41) is 0. The Hall–Kier alpha value is -2.23. The van der Waals surface area contributed by atoms with Crippen LogP contribution in [0.1, 0.15) is 18.4 Å². The summed E-state index contributed by atoms with van der Waals surface area (Å²) in [5.74, 6) is 1.53. The zero-order valence-corrected chi connectivity index (χ0v) is 12.8. The minimum Gasteiger partial charge on any atom is -0.493 e. The normalized spacial score (nSPS) is 20.5. The number of carbonyl (C=O) groups excluding carboxylic acids is 1. The minimum absolute atomic E-state index is 0.0868. The minimum atomic E-state index is -0.194. The largest absolute Gasteiger partial charge is 0.493 e. The van der Waals surface area contributed by atoms with E-state index in [2.05, 4.69) is 6.58 Å². The van der Waals surface area contributed by atoms with Crippen molar-refractivity contribution >= 4 is 5.78 Å². The smallest absolute Gasteiger partial charge is 0.203 e. The molecule has 0 saturated carbocycles. The van der Waals surface area contributed by atoms with Crippen molar-refractivity contribution in [3.05, 3.63) is 42.0 Å². The van der Waals surface area contributed by atoms with E-state index in [9.17, 15) is 4.79 Å². The number of allylic oxidation sites excluding steroid dienone is 3. The van der Waals surface area contributed by atoms with Crippen molar-refractivity contribution in [1.29, 1.82) is 0 Å². The Morgan fingerprint density at radius 2 is 1.67 bits per heavy atom. The summed E-state index contributed by atoms with van der Waals surface area (Å²) in [6.45, 7) is 5.64. The number of methoxy groups -OCH3 is 3. The molecule has 2 atom stereocenters. The predicted octanol–water partition coefficient (Wildman–Crippen LogP) is 3.13. The average molecular weight is 288 g/mol. The molecule has 0 heterocycles. The molecular formula is C17H20O4. The third-order valence-corrected chi connectivity index (χ3v) is 3.79. The molecule has 1 aromatic rings. The summed E-state index contributed by atoms with van der Waals surface area (Å²) in [4.78, 5) is 11.8. The molecule has 0 radical (unpaired) electrons. The number of rotatable bonds is 5. The maximum absolute atomic E-state index is 11.8.